The van der Waals surface area contributed by atoms with E-state index in [0.29, 0.717) is 24.4 Å². The minimum absolute atomic E-state index is 0. The second kappa shape index (κ2) is 9.04. The molecular weight excluding hydrogens is 326 g/mol. The van der Waals surface area contributed by atoms with Gasteiger partial charge in [0.25, 0.3) is 5.91 Å². The third kappa shape index (κ3) is 5.49. The molecule has 0 bridgehead atoms. The van der Waals surface area contributed by atoms with Gasteiger partial charge < -0.3 is 16.0 Å². The van der Waals surface area contributed by atoms with Gasteiger partial charge in [-0.25, -0.2) is 0 Å². The van der Waals surface area contributed by atoms with Crippen LogP contribution in [0.25, 0.3) is 0 Å². The van der Waals surface area contributed by atoms with Crippen LogP contribution in [-0.4, -0.2) is 35.8 Å². The fourth-order valence-corrected chi connectivity index (χ4v) is 2.89. The second-order valence-corrected chi connectivity index (χ2v) is 6.83. The number of benzene rings is 1. The topological polar surface area (TPSA) is 75.4 Å². The normalized spacial score (nSPS) is 17.4. The van der Waals surface area contributed by atoms with Crippen molar-refractivity contribution in [1.82, 2.24) is 4.90 Å². The highest BCUT2D eigenvalue weighted by Gasteiger charge is 2.22. The van der Waals surface area contributed by atoms with Gasteiger partial charge in [0.05, 0.1) is 0 Å². The van der Waals surface area contributed by atoms with Crippen LogP contribution in [0.3, 0.4) is 0 Å². The van der Waals surface area contributed by atoms with Crippen LogP contribution in [0.1, 0.15) is 49.0 Å². The Labute approximate surface area is 150 Å². The van der Waals surface area contributed by atoms with Crippen LogP contribution in [0.5, 0.6) is 0 Å². The largest absolute Gasteiger partial charge is 0.337 e. The molecule has 1 unspecified atom stereocenters. The summed E-state index contributed by atoms with van der Waals surface area (Å²) in [6.45, 7) is 7.31. The molecule has 3 N–H and O–H groups in total. The van der Waals surface area contributed by atoms with Crippen LogP contribution in [-0.2, 0) is 4.79 Å². The van der Waals surface area contributed by atoms with Gasteiger partial charge in [-0.05, 0) is 49.4 Å². The minimum atomic E-state index is 0. The summed E-state index contributed by atoms with van der Waals surface area (Å²) < 4.78 is 0. The van der Waals surface area contributed by atoms with E-state index < -0.39 is 0 Å². The summed E-state index contributed by atoms with van der Waals surface area (Å²) in [6, 6.07) is 5.50. The van der Waals surface area contributed by atoms with Crippen LogP contribution in [0.4, 0.5) is 5.69 Å². The average Bonchev–Trinajstić information content (AvgIpc) is 2.47. The summed E-state index contributed by atoms with van der Waals surface area (Å²) in [4.78, 5) is 26.3. The number of nitrogens with one attached hydrogen (secondary N) is 1. The highest BCUT2D eigenvalue weighted by atomic mass is 35.5. The second-order valence-electron chi connectivity index (χ2n) is 6.83. The number of nitrogens with two attached hydrogens (primary N) is 1. The van der Waals surface area contributed by atoms with Crippen molar-refractivity contribution >= 4 is 29.9 Å². The maximum atomic E-state index is 12.6. The fourth-order valence-electron chi connectivity index (χ4n) is 2.89. The van der Waals surface area contributed by atoms with Gasteiger partial charge in [0.2, 0.25) is 5.91 Å². The molecule has 0 saturated carbocycles. The zero-order valence-corrected chi connectivity index (χ0v) is 15.5. The lowest BCUT2D eigenvalue weighted by molar-refractivity contribution is -0.116. The molecule has 0 spiro atoms. The Bertz CT molecular complexity index is 590. The zero-order valence-electron chi connectivity index (χ0n) is 14.7. The van der Waals surface area contributed by atoms with Crippen LogP contribution >= 0.6 is 12.4 Å². The van der Waals surface area contributed by atoms with Gasteiger partial charge >= 0.3 is 0 Å². The molecule has 2 rings (SSSR count). The number of carbonyl (C=O) groups excluding carboxylic acids is 2. The van der Waals surface area contributed by atoms with E-state index in [2.05, 4.69) is 5.32 Å². The van der Waals surface area contributed by atoms with Crippen molar-refractivity contribution in [1.29, 1.82) is 0 Å². The molecule has 1 saturated heterocycles. The molecule has 1 aromatic carbocycles. The van der Waals surface area contributed by atoms with E-state index >= 15 is 0 Å². The van der Waals surface area contributed by atoms with Gasteiger partial charge in [-0.15, -0.1) is 12.4 Å². The standard InChI is InChI=1S/C18H27N3O2.ClH/c1-12(2)9-17(22)20-16-7-6-14(10-13(16)3)18(23)21-8-4-5-15(19)11-21;/h6-7,10,12,15H,4-5,8-9,11,19H2,1-3H3,(H,20,22);1H. The number of anilines is 1. The van der Waals surface area contributed by atoms with Gasteiger partial charge in [-0.2, -0.15) is 0 Å². The molecule has 6 heteroatoms. The van der Waals surface area contributed by atoms with E-state index in [1.54, 1.807) is 6.07 Å². The van der Waals surface area contributed by atoms with Gasteiger partial charge in [0, 0.05) is 36.8 Å². The first kappa shape index (κ1) is 20.5. The Hall–Kier alpha value is -1.59. The van der Waals surface area contributed by atoms with Crippen molar-refractivity contribution in [3.8, 4) is 0 Å². The van der Waals surface area contributed by atoms with Crippen LogP contribution < -0.4 is 11.1 Å². The van der Waals surface area contributed by atoms with E-state index in [9.17, 15) is 9.59 Å². The number of nitrogens with zero attached hydrogens (tertiary/aromatic N) is 1. The predicted molar refractivity (Wildman–Crippen MR) is 99.6 cm³/mol. The first-order chi connectivity index (χ1) is 10.9. The number of aryl methyl sites for hydroxylation is 1. The highest BCUT2D eigenvalue weighted by molar-refractivity contribution is 5.96. The molecule has 134 valence electrons. The van der Waals surface area contributed by atoms with Crippen molar-refractivity contribution in [3.63, 3.8) is 0 Å². The number of piperidine rings is 1. The zero-order chi connectivity index (χ0) is 17.0. The molecule has 1 aliphatic rings. The van der Waals surface area contributed by atoms with E-state index in [1.165, 1.54) is 0 Å². The summed E-state index contributed by atoms with van der Waals surface area (Å²) in [5.74, 6) is 0.340. The van der Waals surface area contributed by atoms with E-state index in [4.69, 9.17) is 5.73 Å². The number of likely N-dealkylation sites (tertiary alicyclic amines) is 1. The van der Waals surface area contributed by atoms with Gasteiger partial charge in [-0.3, -0.25) is 9.59 Å². The Balaban J connectivity index is 0.00000288. The predicted octanol–water partition coefficient (Wildman–Crippen LogP) is 2.96. The smallest absolute Gasteiger partial charge is 0.253 e. The van der Waals surface area contributed by atoms with Crippen LogP contribution in [0.15, 0.2) is 18.2 Å². The van der Waals surface area contributed by atoms with E-state index in [1.807, 2.05) is 37.8 Å². The number of amides is 2. The lowest BCUT2D eigenvalue weighted by Crippen LogP contribution is -2.45. The molecule has 24 heavy (non-hydrogen) atoms. The van der Waals surface area contributed by atoms with Gasteiger partial charge in [0.15, 0.2) is 0 Å². The highest BCUT2D eigenvalue weighted by Crippen LogP contribution is 2.20. The molecule has 1 atom stereocenters. The molecule has 2 amide bonds. The number of rotatable bonds is 4. The number of halogens is 1. The third-order valence-corrected chi connectivity index (χ3v) is 4.09. The quantitative estimate of drug-likeness (QED) is 0.873. The van der Waals surface area contributed by atoms with Crippen molar-refractivity contribution in [2.75, 3.05) is 18.4 Å². The van der Waals surface area contributed by atoms with Crippen molar-refractivity contribution in [3.05, 3.63) is 29.3 Å². The molecule has 1 aliphatic heterocycles. The molecule has 1 heterocycles. The summed E-state index contributed by atoms with van der Waals surface area (Å²) in [7, 11) is 0. The first-order valence-corrected chi connectivity index (χ1v) is 8.32. The SMILES string of the molecule is Cc1cc(C(=O)N2CCCC(N)C2)ccc1NC(=O)CC(C)C.Cl. The summed E-state index contributed by atoms with van der Waals surface area (Å²) >= 11 is 0. The van der Waals surface area contributed by atoms with E-state index in [-0.39, 0.29) is 30.3 Å². The Morgan fingerprint density at radius 2 is 2.08 bits per heavy atom. The number of hydrogen-bond acceptors (Lipinski definition) is 3. The monoisotopic (exact) mass is 353 g/mol. The summed E-state index contributed by atoms with van der Waals surface area (Å²) in [5.41, 5.74) is 8.26. The Kier molecular flexibility index (Phi) is 7.70. The maximum absolute atomic E-state index is 12.6. The van der Waals surface area contributed by atoms with Crippen molar-refractivity contribution in [2.24, 2.45) is 11.7 Å². The molecule has 1 aromatic rings. The molecule has 0 aromatic heterocycles. The first-order valence-electron chi connectivity index (χ1n) is 8.32. The molecular formula is C18H28ClN3O2. The maximum Gasteiger partial charge on any atom is 0.253 e. The molecule has 5 nitrogen and oxygen atoms in total. The molecule has 1 fully saturated rings. The fraction of sp³-hybridized carbons (Fsp3) is 0.556. The lowest BCUT2D eigenvalue weighted by Gasteiger charge is -2.31. The van der Waals surface area contributed by atoms with Crippen LogP contribution in [0.2, 0.25) is 0 Å². The Morgan fingerprint density at radius 1 is 1.38 bits per heavy atom. The third-order valence-electron chi connectivity index (χ3n) is 4.09. The summed E-state index contributed by atoms with van der Waals surface area (Å²) in [5, 5.41) is 2.91. The van der Waals surface area contributed by atoms with Gasteiger partial charge in [0.1, 0.15) is 0 Å². The minimum Gasteiger partial charge on any atom is -0.337 e. The van der Waals surface area contributed by atoms with Crippen LogP contribution in [0, 0.1) is 12.8 Å². The van der Waals surface area contributed by atoms with Gasteiger partial charge in [-0.1, -0.05) is 13.8 Å². The van der Waals surface area contributed by atoms with Crippen molar-refractivity contribution < 1.29 is 9.59 Å². The number of hydrogen-bond donors (Lipinski definition) is 2. The van der Waals surface area contributed by atoms with E-state index in [0.717, 1.165) is 30.6 Å². The molecule has 0 aliphatic carbocycles. The Morgan fingerprint density at radius 3 is 2.67 bits per heavy atom. The van der Waals surface area contributed by atoms with Crippen molar-refractivity contribution in [2.45, 2.75) is 46.1 Å². The molecule has 0 radical (unpaired) electrons. The lowest BCUT2D eigenvalue weighted by atomic mass is 10.0. The average molecular weight is 354 g/mol. The number of carbonyl (C=O) groups is 2. The summed E-state index contributed by atoms with van der Waals surface area (Å²) in [6.07, 6.45) is 2.42.